The molecule has 0 radical (unpaired) electrons. The van der Waals surface area contributed by atoms with E-state index in [2.05, 4.69) is 31.4 Å². The zero-order chi connectivity index (χ0) is 29.4. The number of nitriles is 1. The third kappa shape index (κ3) is 7.33. The van der Waals surface area contributed by atoms with Crippen molar-refractivity contribution in [3.8, 4) is 17.3 Å². The van der Waals surface area contributed by atoms with E-state index in [1.54, 1.807) is 10.9 Å². The standard InChI is InChI=1S/C26H21N7O.C2HF3O2/c27-11-9-23(33-16-20(15-31-33)25-22-10-12-28-26(22)30-17-29-25)19-7-4-8-21(14-19)32-24(34)13-18-5-2-1-3-6-18;3-2(4,5)1(6)7/h1-8,10,12,14-17,23H,9,13H2,(H,32,34)(H,28,29,30);(H,6,7). The number of hydrogen-bond donors (Lipinski definition) is 3. The lowest BCUT2D eigenvalue weighted by Gasteiger charge is -2.16. The molecular weight excluding hydrogens is 539 g/mol. The van der Waals surface area contributed by atoms with Crippen LogP contribution in [0.2, 0.25) is 0 Å². The Bertz CT molecular complexity index is 1690. The van der Waals surface area contributed by atoms with Crippen LogP contribution in [0, 0.1) is 11.3 Å². The van der Waals surface area contributed by atoms with Crippen LogP contribution in [-0.2, 0) is 16.0 Å². The zero-order valence-electron chi connectivity index (χ0n) is 21.2. The summed E-state index contributed by atoms with van der Waals surface area (Å²) in [7, 11) is 0. The molecule has 0 fully saturated rings. The molecule has 0 spiro atoms. The number of rotatable bonds is 7. The average molecular weight is 562 g/mol. The second-order valence-electron chi connectivity index (χ2n) is 8.69. The lowest BCUT2D eigenvalue weighted by Crippen LogP contribution is -2.21. The summed E-state index contributed by atoms with van der Waals surface area (Å²) in [5.41, 5.74) is 4.87. The molecule has 0 bridgehead atoms. The molecule has 10 nitrogen and oxygen atoms in total. The number of alkyl halides is 3. The van der Waals surface area contributed by atoms with Crippen molar-refractivity contribution in [2.24, 2.45) is 0 Å². The molecule has 0 aliphatic rings. The van der Waals surface area contributed by atoms with E-state index < -0.39 is 12.1 Å². The highest BCUT2D eigenvalue weighted by atomic mass is 19.4. The van der Waals surface area contributed by atoms with Gasteiger partial charge in [-0.05, 0) is 29.3 Å². The van der Waals surface area contributed by atoms with Crippen molar-refractivity contribution < 1.29 is 27.9 Å². The first kappa shape index (κ1) is 28.5. The third-order valence-electron chi connectivity index (χ3n) is 5.84. The minimum absolute atomic E-state index is 0.0964. The summed E-state index contributed by atoms with van der Waals surface area (Å²) in [6, 6.07) is 21.0. The van der Waals surface area contributed by atoms with Crippen molar-refractivity contribution in [1.29, 1.82) is 5.26 Å². The molecule has 5 aromatic rings. The Morgan fingerprint density at radius 2 is 1.85 bits per heavy atom. The molecule has 2 aromatic carbocycles. The molecule has 1 unspecified atom stereocenters. The second-order valence-corrected chi connectivity index (χ2v) is 8.69. The van der Waals surface area contributed by atoms with Gasteiger partial charge < -0.3 is 15.4 Å². The number of carboxylic acid groups (broad SMARTS) is 1. The maximum absolute atomic E-state index is 12.5. The number of hydrogen-bond acceptors (Lipinski definition) is 6. The first-order valence-corrected chi connectivity index (χ1v) is 12.1. The van der Waals surface area contributed by atoms with Crippen LogP contribution < -0.4 is 5.32 Å². The van der Waals surface area contributed by atoms with E-state index in [1.807, 2.05) is 73.1 Å². The van der Waals surface area contributed by atoms with Crippen molar-refractivity contribution in [3.63, 3.8) is 0 Å². The van der Waals surface area contributed by atoms with Gasteiger partial charge in [-0.3, -0.25) is 9.48 Å². The lowest BCUT2D eigenvalue weighted by atomic mass is 10.0. The highest BCUT2D eigenvalue weighted by Gasteiger charge is 2.38. The van der Waals surface area contributed by atoms with Crippen LogP contribution in [0.25, 0.3) is 22.3 Å². The minimum Gasteiger partial charge on any atom is -0.475 e. The Hall–Kier alpha value is -5.51. The SMILES string of the molecule is N#CCC(c1cccc(NC(=O)Cc2ccccc2)c1)n1cc(-c2ncnc3[nH]ccc23)cn1.O=C(O)C(F)(F)F. The summed E-state index contributed by atoms with van der Waals surface area (Å²) in [5, 5.41) is 25.0. The molecule has 5 rings (SSSR count). The third-order valence-corrected chi connectivity index (χ3v) is 5.84. The normalized spacial score (nSPS) is 11.7. The molecule has 3 N–H and O–H groups in total. The van der Waals surface area contributed by atoms with Crippen molar-refractivity contribution in [2.45, 2.75) is 25.1 Å². The van der Waals surface area contributed by atoms with Gasteiger partial charge in [-0.15, -0.1) is 0 Å². The van der Waals surface area contributed by atoms with Gasteiger partial charge in [-0.25, -0.2) is 14.8 Å². The molecule has 0 saturated heterocycles. The number of nitrogens with one attached hydrogen (secondary N) is 2. The summed E-state index contributed by atoms with van der Waals surface area (Å²) in [5.74, 6) is -2.85. The molecule has 0 aliphatic carbocycles. The molecule has 208 valence electrons. The maximum atomic E-state index is 12.5. The van der Waals surface area contributed by atoms with Gasteiger partial charge in [0.05, 0.1) is 36.8 Å². The number of aromatic amines is 1. The largest absolute Gasteiger partial charge is 0.490 e. The highest BCUT2D eigenvalue weighted by Crippen LogP contribution is 2.28. The van der Waals surface area contributed by atoms with Crippen LogP contribution in [0.15, 0.2) is 85.6 Å². The molecule has 1 atom stereocenters. The number of H-pyrrole nitrogens is 1. The molecule has 3 heterocycles. The molecular formula is C28H22F3N7O3. The fourth-order valence-corrected chi connectivity index (χ4v) is 3.99. The van der Waals surface area contributed by atoms with Gasteiger partial charge in [0.1, 0.15) is 12.0 Å². The molecule has 41 heavy (non-hydrogen) atoms. The summed E-state index contributed by atoms with van der Waals surface area (Å²) in [6.07, 6.45) is 2.40. The Morgan fingerprint density at radius 1 is 1.10 bits per heavy atom. The summed E-state index contributed by atoms with van der Waals surface area (Å²) in [4.78, 5) is 33.1. The molecule has 13 heteroatoms. The number of anilines is 1. The number of carbonyl (C=O) groups excluding carboxylic acids is 1. The first-order valence-electron chi connectivity index (χ1n) is 12.1. The minimum atomic E-state index is -5.08. The molecule has 0 aliphatic heterocycles. The van der Waals surface area contributed by atoms with E-state index in [1.165, 1.54) is 6.33 Å². The quantitative estimate of drug-likeness (QED) is 0.249. The van der Waals surface area contributed by atoms with Crippen LogP contribution in [0.5, 0.6) is 0 Å². The Kier molecular flexibility index (Phi) is 8.73. The Balaban J connectivity index is 0.000000493. The van der Waals surface area contributed by atoms with Crippen LogP contribution >= 0.6 is 0 Å². The average Bonchev–Trinajstić information content (AvgIpc) is 3.62. The van der Waals surface area contributed by atoms with E-state index in [0.29, 0.717) is 12.1 Å². The van der Waals surface area contributed by atoms with E-state index >= 15 is 0 Å². The van der Waals surface area contributed by atoms with E-state index in [4.69, 9.17) is 9.90 Å². The topological polar surface area (TPSA) is 150 Å². The smallest absolute Gasteiger partial charge is 0.475 e. The molecule has 3 aromatic heterocycles. The first-order chi connectivity index (χ1) is 19.7. The number of nitrogens with zero attached hydrogens (tertiary/aromatic N) is 5. The van der Waals surface area contributed by atoms with Gasteiger partial charge in [-0.1, -0.05) is 42.5 Å². The monoisotopic (exact) mass is 561 g/mol. The van der Waals surface area contributed by atoms with Gasteiger partial charge in [0.15, 0.2) is 0 Å². The van der Waals surface area contributed by atoms with Crippen LogP contribution in [0.1, 0.15) is 23.6 Å². The fourth-order valence-electron chi connectivity index (χ4n) is 3.99. The molecule has 1 amide bonds. The summed E-state index contributed by atoms with van der Waals surface area (Å²) >= 11 is 0. The van der Waals surface area contributed by atoms with Gasteiger partial charge >= 0.3 is 12.1 Å². The molecule has 0 saturated carbocycles. The van der Waals surface area contributed by atoms with Crippen LogP contribution in [0.4, 0.5) is 18.9 Å². The number of benzene rings is 2. The van der Waals surface area contributed by atoms with Crippen molar-refractivity contribution in [1.82, 2.24) is 24.7 Å². The van der Waals surface area contributed by atoms with Gasteiger partial charge in [0, 0.05) is 29.0 Å². The number of carboxylic acids is 1. The number of fused-ring (bicyclic) bond motifs is 1. The Labute approximate surface area is 231 Å². The number of aliphatic carboxylic acids is 1. The number of halogens is 3. The maximum Gasteiger partial charge on any atom is 0.490 e. The van der Waals surface area contributed by atoms with Crippen LogP contribution in [0.3, 0.4) is 0 Å². The van der Waals surface area contributed by atoms with Crippen molar-refractivity contribution in [2.75, 3.05) is 5.32 Å². The summed E-state index contributed by atoms with van der Waals surface area (Å²) in [6.45, 7) is 0. The van der Waals surface area contributed by atoms with Gasteiger partial charge in [-0.2, -0.15) is 23.5 Å². The van der Waals surface area contributed by atoms with Crippen molar-refractivity contribution in [3.05, 3.63) is 96.7 Å². The number of carbonyl (C=O) groups is 2. The van der Waals surface area contributed by atoms with Gasteiger partial charge in [0.2, 0.25) is 5.91 Å². The van der Waals surface area contributed by atoms with Gasteiger partial charge in [0.25, 0.3) is 0 Å². The van der Waals surface area contributed by atoms with E-state index in [9.17, 15) is 23.2 Å². The predicted octanol–water partition coefficient (Wildman–Crippen LogP) is 5.14. The van der Waals surface area contributed by atoms with E-state index in [-0.39, 0.29) is 18.4 Å². The predicted molar refractivity (Wildman–Crippen MR) is 142 cm³/mol. The number of aromatic nitrogens is 5. The van der Waals surface area contributed by atoms with E-state index in [0.717, 1.165) is 33.4 Å². The number of amides is 1. The fraction of sp³-hybridized carbons (Fsp3) is 0.143. The van der Waals surface area contributed by atoms with Crippen molar-refractivity contribution >= 4 is 28.6 Å². The highest BCUT2D eigenvalue weighted by molar-refractivity contribution is 5.92. The van der Waals surface area contributed by atoms with Crippen LogP contribution in [-0.4, -0.2) is 47.9 Å². The lowest BCUT2D eigenvalue weighted by molar-refractivity contribution is -0.192. The second kappa shape index (κ2) is 12.6. The Morgan fingerprint density at radius 3 is 2.56 bits per heavy atom. The zero-order valence-corrected chi connectivity index (χ0v) is 21.2. The summed E-state index contributed by atoms with van der Waals surface area (Å²) < 4.78 is 33.5.